The summed E-state index contributed by atoms with van der Waals surface area (Å²) in [5, 5.41) is 19.8. The van der Waals surface area contributed by atoms with E-state index in [1.807, 2.05) is 31.2 Å². The number of aromatic hydroxyl groups is 1. The van der Waals surface area contributed by atoms with Gasteiger partial charge >= 0.3 is 0 Å². The number of aromatic amines is 1. The number of fused-ring (bicyclic) bond motifs is 1. The molecule has 2 aromatic carbocycles. The van der Waals surface area contributed by atoms with Crippen LogP contribution in [0.25, 0.3) is 22.7 Å². The summed E-state index contributed by atoms with van der Waals surface area (Å²) < 4.78 is 5.23. The number of rotatable bonds is 5. The molecule has 0 aliphatic heterocycles. The molecule has 0 atom stereocenters. The van der Waals surface area contributed by atoms with Crippen LogP contribution in [0.4, 0.5) is 0 Å². The van der Waals surface area contributed by atoms with Crippen LogP contribution in [0.3, 0.4) is 0 Å². The molecule has 130 valence electrons. The van der Waals surface area contributed by atoms with Crippen molar-refractivity contribution < 1.29 is 9.84 Å². The maximum absolute atomic E-state index is 10.2. The first-order valence-corrected chi connectivity index (χ1v) is 8.15. The Balaban J connectivity index is 2.09. The average Bonchev–Trinajstić information content (AvgIpc) is 3.05. The predicted molar refractivity (Wildman–Crippen MR) is 103 cm³/mol. The van der Waals surface area contributed by atoms with E-state index in [-0.39, 0.29) is 5.75 Å². The second-order valence-corrected chi connectivity index (χ2v) is 6.00. The molecule has 26 heavy (non-hydrogen) atoms. The van der Waals surface area contributed by atoms with Crippen molar-refractivity contribution in [1.29, 1.82) is 5.26 Å². The van der Waals surface area contributed by atoms with Crippen molar-refractivity contribution in [2.24, 2.45) is 0 Å². The molecule has 1 aromatic heterocycles. The number of phenolic OH excluding ortho intramolecular Hbond substituents is 1. The number of aryl methyl sites for hydroxylation is 1. The monoisotopic (exact) mass is 345 g/mol. The fourth-order valence-electron chi connectivity index (χ4n) is 2.81. The van der Waals surface area contributed by atoms with Crippen molar-refractivity contribution in [3.63, 3.8) is 0 Å². The largest absolute Gasteiger partial charge is 0.504 e. The molecule has 0 bridgehead atoms. The molecule has 0 amide bonds. The van der Waals surface area contributed by atoms with Gasteiger partial charge in [0.05, 0.1) is 23.7 Å². The SMILES string of the molecule is C=CCc1cc(/C=C(\C#N)c2nc3ccc(C)cc3[nH]2)cc(OC)c1O. The van der Waals surface area contributed by atoms with Crippen LogP contribution >= 0.6 is 0 Å². The highest BCUT2D eigenvalue weighted by Crippen LogP contribution is 2.33. The second kappa shape index (κ2) is 7.16. The molecule has 0 spiro atoms. The van der Waals surface area contributed by atoms with Gasteiger partial charge in [0.25, 0.3) is 0 Å². The number of ether oxygens (including phenoxy) is 1. The quantitative estimate of drug-likeness (QED) is 0.531. The summed E-state index contributed by atoms with van der Waals surface area (Å²) in [5.74, 6) is 0.945. The summed E-state index contributed by atoms with van der Waals surface area (Å²) in [6.45, 7) is 5.71. The van der Waals surface area contributed by atoms with E-state index in [0.29, 0.717) is 29.1 Å². The van der Waals surface area contributed by atoms with E-state index in [1.165, 1.54) is 7.11 Å². The normalized spacial score (nSPS) is 11.3. The Hall–Kier alpha value is -3.52. The number of nitrogens with zero attached hydrogens (tertiary/aromatic N) is 2. The van der Waals surface area contributed by atoms with E-state index < -0.39 is 0 Å². The Bertz CT molecular complexity index is 1060. The zero-order valence-corrected chi connectivity index (χ0v) is 14.7. The van der Waals surface area contributed by atoms with Gasteiger partial charge in [-0.2, -0.15) is 5.26 Å². The van der Waals surface area contributed by atoms with Gasteiger partial charge in [0.15, 0.2) is 11.5 Å². The van der Waals surface area contributed by atoms with E-state index >= 15 is 0 Å². The molecular weight excluding hydrogens is 326 g/mol. The van der Waals surface area contributed by atoms with Crippen molar-refractivity contribution in [2.45, 2.75) is 13.3 Å². The lowest BCUT2D eigenvalue weighted by Gasteiger charge is -2.09. The van der Waals surface area contributed by atoms with E-state index in [4.69, 9.17) is 4.74 Å². The van der Waals surface area contributed by atoms with Crippen molar-refractivity contribution in [1.82, 2.24) is 9.97 Å². The predicted octanol–water partition coefficient (Wildman–Crippen LogP) is 4.38. The summed E-state index contributed by atoms with van der Waals surface area (Å²) in [7, 11) is 1.49. The van der Waals surface area contributed by atoms with Crippen LogP contribution in [0.2, 0.25) is 0 Å². The first-order valence-electron chi connectivity index (χ1n) is 8.15. The van der Waals surface area contributed by atoms with Crippen LogP contribution in [0, 0.1) is 18.3 Å². The fourth-order valence-corrected chi connectivity index (χ4v) is 2.81. The van der Waals surface area contributed by atoms with E-state index in [2.05, 4.69) is 22.6 Å². The van der Waals surface area contributed by atoms with Gasteiger partial charge in [-0.25, -0.2) is 4.98 Å². The van der Waals surface area contributed by atoms with Gasteiger partial charge < -0.3 is 14.8 Å². The third-order valence-electron chi connectivity index (χ3n) is 4.08. The molecule has 1 heterocycles. The van der Waals surface area contributed by atoms with Gasteiger partial charge in [0.1, 0.15) is 11.9 Å². The second-order valence-electron chi connectivity index (χ2n) is 6.00. The highest BCUT2D eigenvalue weighted by molar-refractivity contribution is 5.90. The van der Waals surface area contributed by atoms with E-state index in [9.17, 15) is 10.4 Å². The van der Waals surface area contributed by atoms with Gasteiger partial charge in [-0.1, -0.05) is 12.1 Å². The van der Waals surface area contributed by atoms with Crippen molar-refractivity contribution in [2.75, 3.05) is 7.11 Å². The van der Waals surface area contributed by atoms with Gasteiger partial charge in [-0.05, 0) is 54.8 Å². The number of allylic oxidation sites excluding steroid dienone is 2. The first kappa shape index (κ1) is 17.3. The number of phenols is 1. The van der Waals surface area contributed by atoms with Crippen LogP contribution < -0.4 is 4.74 Å². The van der Waals surface area contributed by atoms with Crippen LogP contribution in [0.5, 0.6) is 11.5 Å². The number of H-pyrrole nitrogens is 1. The number of imidazole rings is 1. The Morgan fingerprint density at radius 1 is 1.38 bits per heavy atom. The minimum atomic E-state index is 0.0854. The maximum atomic E-state index is 10.2. The topological polar surface area (TPSA) is 81.9 Å². The molecule has 5 heteroatoms. The molecule has 5 nitrogen and oxygen atoms in total. The minimum absolute atomic E-state index is 0.0854. The summed E-state index contributed by atoms with van der Waals surface area (Å²) >= 11 is 0. The Morgan fingerprint density at radius 3 is 2.88 bits per heavy atom. The molecular formula is C21H19N3O2. The number of nitriles is 1. The van der Waals surface area contributed by atoms with E-state index in [1.54, 1.807) is 18.2 Å². The molecule has 3 aromatic rings. The zero-order chi connectivity index (χ0) is 18.7. The lowest BCUT2D eigenvalue weighted by molar-refractivity contribution is 0.371. The minimum Gasteiger partial charge on any atom is -0.504 e. The van der Waals surface area contributed by atoms with Crippen LogP contribution in [-0.4, -0.2) is 22.2 Å². The molecule has 2 N–H and O–H groups in total. The summed E-state index contributed by atoms with van der Waals surface area (Å²) in [6.07, 6.45) is 3.92. The fraction of sp³-hybridized carbons (Fsp3) is 0.143. The number of nitrogens with one attached hydrogen (secondary N) is 1. The van der Waals surface area contributed by atoms with Gasteiger partial charge in [0, 0.05) is 5.56 Å². The van der Waals surface area contributed by atoms with Gasteiger partial charge in [-0.3, -0.25) is 0 Å². The number of benzene rings is 2. The van der Waals surface area contributed by atoms with Crippen LogP contribution in [0.1, 0.15) is 22.5 Å². The number of hydrogen-bond acceptors (Lipinski definition) is 4. The van der Waals surface area contributed by atoms with Crippen molar-refractivity contribution in [3.8, 4) is 17.6 Å². The van der Waals surface area contributed by atoms with Crippen molar-refractivity contribution in [3.05, 3.63) is 65.5 Å². The average molecular weight is 345 g/mol. The Labute approximate surface area is 151 Å². The summed E-state index contributed by atoms with van der Waals surface area (Å²) in [5.41, 5.74) is 4.63. The third-order valence-corrected chi connectivity index (χ3v) is 4.08. The highest BCUT2D eigenvalue weighted by atomic mass is 16.5. The number of hydrogen-bond donors (Lipinski definition) is 2. The maximum Gasteiger partial charge on any atom is 0.161 e. The smallest absolute Gasteiger partial charge is 0.161 e. The molecule has 0 aliphatic carbocycles. The molecule has 0 saturated carbocycles. The first-order chi connectivity index (χ1) is 12.5. The molecule has 3 rings (SSSR count). The number of methoxy groups -OCH3 is 1. The van der Waals surface area contributed by atoms with E-state index in [0.717, 1.165) is 22.2 Å². The summed E-state index contributed by atoms with van der Waals surface area (Å²) in [6, 6.07) is 11.6. The molecule has 0 unspecified atom stereocenters. The van der Waals surface area contributed by atoms with Crippen LogP contribution in [-0.2, 0) is 6.42 Å². The highest BCUT2D eigenvalue weighted by Gasteiger charge is 2.12. The molecule has 0 radical (unpaired) electrons. The summed E-state index contributed by atoms with van der Waals surface area (Å²) in [4.78, 5) is 7.69. The zero-order valence-electron chi connectivity index (χ0n) is 14.7. The standard InChI is InChI=1S/C21H19N3O2/c1-4-5-15-9-14(11-19(26-3)20(15)25)10-16(12-22)21-23-17-7-6-13(2)8-18(17)24-21/h4,6-11,25H,1,5H2,2-3H3,(H,23,24)/b16-10+. The molecule has 0 aliphatic rings. The lowest BCUT2D eigenvalue weighted by atomic mass is 10.0. The Kier molecular flexibility index (Phi) is 4.76. The Morgan fingerprint density at radius 2 is 2.19 bits per heavy atom. The third kappa shape index (κ3) is 3.31. The molecule has 0 saturated heterocycles. The molecule has 0 fully saturated rings. The number of aromatic nitrogens is 2. The van der Waals surface area contributed by atoms with Gasteiger partial charge in [0.2, 0.25) is 0 Å². The van der Waals surface area contributed by atoms with Gasteiger partial charge in [-0.15, -0.1) is 6.58 Å². The van der Waals surface area contributed by atoms with Crippen LogP contribution in [0.15, 0.2) is 43.0 Å². The lowest BCUT2D eigenvalue weighted by Crippen LogP contribution is -1.92. The van der Waals surface area contributed by atoms with Crippen molar-refractivity contribution >= 4 is 22.7 Å².